The standard InChI is InChI=1S/C27H41NO2/c1-2-3-4-5-6-7-8-9-10-11-12-13-14-17-22-30-27-21-20-24-18-15-16-19-25(24)26(27)23-28-29/h15-16,18-21,23,29H,2-14,17,22H2,1H3. The van der Waals surface area contributed by atoms with E-state index in [4.69, 9.17) is 9.94 Å². The lowest BCUT2D eigenvalue weighted by Gasteiger charge is -2.11. The first-order valence-corrected chi connectivity index (χ1v) is 12.2. The van der Waals surface area contributed by atoms with Gasteiger partial charge in [-0.15, -0.1) is 0 Å². The van der Waals surface area contributed by atoms with E-state index in [0.29, 0.717) is 6.61 Å². The zero-order valence-corrected chi connectivity index (χ0v) is 19.0. The third-order valence-electron chi connectivity index (χ3n) is 5.87. The Kier molecular flexibility index (Phi) is 12.7. The van der Waals surface area contributed by atoms with Crippen molar-refractivity contribution in [3.05, 3.63) is 42.0 Å². The summed E-state index contributed by atoms with van der Waals surface area (Å²) in [7, 11) is 0. The van der Waals surface area contributed by atoms with Crippen LogP contribution >= 0.6 is 0 Å². The van der Waals surface area contributed by atoms with Crippen molar-refractivity contribution in [3.63, 3.8) is 0 Å². The molecule has 3 heteroatoms. The Hall–Kier alpha value is -2.03. The van der Waals surface area contributed by atoms with Crippen molar-refractivity contribution in [3.8, 4) is 5.75 Å². The minimum atomic E-state index is 0.711. The fourth-order valence-electron chi connectivity index (χ4n) is 4.07. The number of oxime groups is 1. The summed E-state index contributed by atoms with van der Waals surface area (Å²) in [4.78, 5) is 0. The number of ether oxygens (including phenoxy) is 1. The maximum atomic E-state index is 9.02. The van der Waals surface area contributed by atoms with Crippen molar-refractivity contribution in [2.75, 3.05) is 6.61 Å². The Morgan fingerprint density at radius 2 is 1.30 bits per heavy atom. The molecule has 0 heterocycles. The van der Waals surface area contributed by atoms with Gasteiger partial charge in [0.05, 0.1) is 12.8 Å². The van der Waals surface area contributed by atoms with E-state index in [2.05, 4.69) is 24.2 Å². The van der Waals surface area contributed by atoms with Crippen LogP contribution in [0, 0.1) is 0 Å². The van der Waals surface area contributed by atoms with Gasteiger partial charge in [0.25, 0.3) is 0 Å². The topological polar surface area (TPSA) is 41.8 Å². The fraction of sp³-hybridized carbons (Fsp3) is 0.593. The first-order chi connectivity index (χ1) is 14.9. The van der Waals surface area contributed by atoms with Crippen LogP contribution in [0.3, 0.4) is 0 Å². The molecule has 2 aromatic carbocycles. The largest absolute Gasteiger partial charge is 0.493 e. The van der Waals surface area contributed by atoms with Gasteiger partial charge in [-0.1, -0.05) is 126 Å². The number of hydrogen-bond acceptors (Lipinski definition) is 3. The van der Waals surface area contributed by atoms with E-state index < -0.39 is 0 Å². The van der Waals surface area contributed by atoms with E-state index in [1.165, 1.54) is 89.7 Å². The Bertz CT molecular complexity index is 726. The van der Waals surface area contributed by atoms with Crippen LogP contribution in [-0.2, 0) is 0 Å². The fourth-order valence-corrected chi connectivity index (χ4v) is 4.07. The summed E-state index contributed by atoms with van der Waals surface area (Å²) in [5, 5.41) is 14.4. The zero-order chi connectivity index (χ0) is 21.3. The van der Waals surface area contributed by atoms with E-state index in [9.17, 15) is 0 Å². The molecule has 166 valence electrons. The van der Waals surface area contributed by atoms with Crippen molar-refractivity contribution in [2.24, 2.45) is 5.16 Å². The number of rotatable bonds is 17. The average Bonchev–Trinajstić information content (AvgIpc) is 2.77. The lowest BCUT2D eigenvalue weighted by Crippen LogP contribution is -2.01. The van der Waals surface area contributed by atoms with Crippen LogP contribution in [0.4, 0.5) is 0 Å². The monoisotopic (exact) mass is 411 g/mol. The summed E-state index contributed by atoms with van der Waals surface area (Å²) in [6.45, 7) is 2.99. The Morgan fingerprint density at radius 3 is 1.90 bits per heavy atom. The maximum Gasteiger partial charge on any atom is 0.128 e. The summed E-state index contributed by atoms with van der Waals surface area (Å²) >= 11 is 0. The maximum absolute atomic E-state index is 9.02. The van der Waals surface area contributed by atoms with Gasteiger partial charge < -0.3 is 9.94 Å². The highest BCUT2D eigenvalue weighted by molar-refractivity contribution is 6.02. The Balaban J connectivity index is 1.52. The molecule has 0 saturated heterocycles. The van der Waals surface area contributed by atoms with Crippen LogP contribution in [-0.4, -0.2) is 18.0 Å². The van der Waals surface area contributed by atoms with Gasteiger partial charge in [0.15, 0.2) is 0 Å². The molecular formula is C27H41NO2. The molecule has 30 heavy (non-hydrogen) atoms. The minimum Gasteiger partial charge on any atom is -0.493 e. The number of fused-ring (bicyclic) bond motifs is 1. The highest BCUT2D eigenvalue weighted by Crippen LogP contribution is 2.27. The molecule has 2 rings (SSSR count). The van der Waals surface area contributed by atoms with Crippen LogP contribution < -0.4 is 4.74 Å². The van der Waals surface area contributed by atoms with Crippen LogP contribution in [0.25, 0.3) is 10.8 Å². The lowest BCUT2D eigenvalue weighted by atomic mass is 10.0. The molecule has 2 aromatic rings. The lowest BCUT2D eigenvalue weighted by molar-refractivity contribution is 0.303. The Labute approximate surface area is 183 Å². The van der Waals surface area contributed by atoms with E-state index in [1.807, 2.05) is 24.3 Å². The average molecular weight is 412 g/mol. The second-order valence-corrected chi connectivity index (χ2v) is 8.39. The molecule has 0 aliphatic rings. The smallest absolute Gasteiger partial charge is 0.128 e. The molecule has 0 fully saturated rings. The van der Waals surface area contributed by atoms with Crippen LogP contribution in [0.15, 0.2) is 41.6 Å². The van der Waals surface area contributed by atoms with Crippen molar-refractivity contribution < 1.29 is 9.94 Å². The molecule has 0 radical (unpaired) electrons. The molecule has 1 N–H and O–H groups in total. The first-order valence-electron chi connectivity index (χ1n) is 12.2. The van der Waals surface area contributed by atoms with Gasteiger partial charge in [-0.2, -0.15) is 0 Å². The van der Waals surface area contributed by atoms with Crippen molar-refractivity contribution in [1.82, 2.24) is 0 Å². The summed E-state index contributed by atoms with van der Waals surface area (Å²) in [6.07, 6.45) is 20.5. The number of hydrogen-bond donors (Lipinski definition) is 1. The van der Waals surface area contributed by atoms with Gasteiger partial charge in [0, 0.05) is 5.56 Å². The van der Waals surface area contributed by atoms with E-state index >= 15 is 0 Å². The number of nitrogens with zero attached hydrogens (tertiary/aromatic N) is 1. The number of unbranched alkanes of at least 4 members (excludes halogenated alkanes) is 13. The summed E-state index contributed by atoms with van der Waals surface area (Å²) < 4.78 is 6.00. The normalized spacial score (nSPS) is 11.5. The Morgan fingerprint density at radius 1 is 0.733 bits per heavy atom. The third-order valence-corrected chi connectivity index (χ3v) is 5.87. The van der Waals surface area contributed by atoms with Crippen LogP contribution in [0.2, 0.25) is 0 Å². The van der Waals surface area contributed by atoms with Gasteiger partial charge in [-0.05, 0) is 23.3 Å². The van der Waals surface area contributed by atoms with Crippen molar-refractivity contribution in [2.45, 2.75) is 96.8 Å². The summed E-state index contributed by atoms with van der Waals surface area (Å²) in [5.74, 6) is 0.793. The molecule has 0 aliphatic heterocycles. The summed E-state index contributed by atoms with van der Waals surface area (Å²) in [5.41, 5.74) is 0.848. The van der Waals surface area contributed by atoms with E-state index in [0.717, 1.165) is 28.5 Å². The molecule has 0 spiro atoms. The van der Waals surface area contributed by atoms with Gasteiger partial charge in [0.1, 0.15) is 5.75 Å². The molecule has 0 aromatic heterocycles. The van der Waals surface area contributed by atoms with E-state index in [-0.39, 0.29) is 0 Å². The molecule has 0 atom stereocenters. The quantitative estimate of drug-likeness (QED) is 0.123. The SMILES string of the molecule is CCCCCCCCCCCCCCCCOc1ccc2ccccc2c1C=NO. The van der Waals surface area contributed by atoms with E-state index in [1.54, 1.807) is 0 Å². The molecule has 0 unspecified atom stereocenters. The number of benzene rings is 2. The highest BCUT2D eigenvalue weighted by Gasteiger charge is 2.07. The second kappa shape index (κ2) is 15.8. The van der Waals surface area contributed by atoms with Crippen molar-refractivity contribution >= 4 is 17.0 Å². The zero-order valence-electron chi connectivity index (χ0n) is 19.0. The predicted octanol–water partition coefficient (Wildman–Crippen LogP) is 8.51. The van der Waals surface area contributed by atoms with Gasteiger partial charge in [0.2, 0.25) is 0 Å². The first kappa shape index (κ1) is 24.2. The molecule has 3 nitrogen and oxygen atoms in total. The third kappa shape index (κ3) is 9.19. The molecule has 0 bridgehead atoms. The van der Waals surface area contributed by atoms with Crippen LogP contribution in [0.5, 0.6) is 5.75 Å². The highest BCUT2D eigenvalue weighted by atomic mass is 16.5. The minimum absolute atomic E-state index is 0.711. The van der Waals surface area contributed by atoms with Crippen molar-refractivity contribution in [1.29, 1.82) is 0 Å². The molecule has 0 aliphatic carbocycles. The van der Waals surface area contributed by atoms with Gasteiger partial charge >= 0.3 is 0 Å². The van der Waals surface area contributed by atoms with Gasteiger partial charge in [-0.3, -0.25) is 0 Å². The summed E-state index contributed by atoms with van der Waals surface area (Å²) in [6, 6.07) is 12.1. The van der Waals surface area contributed by atoms with Gasteiger partial charge in [-0.25, -0.2) is 0 Å². The predicted molar refractivity (Wildman–Crippen MR) is 129 cm³/mol. The van der Waals surface area contributed by atoms with Crippen LogP contribution in [0.1, 0.15) is 102 Å². The molecule has 0 saturated carbocycles. The second-order valence-electron chi connectivity index (χ2n) is 8.39. The molecular weight excluding hydrogens is 370 g/mol. The molecule has 0 amide bonds.